The van der Waals surface area contributed by atoms with Crippen molar-refractivity contribution in [3.05, 3.63) is 24.3 Å². The molecule has 1 atom stereocenters. The topological polar surface area (TPSA) is 66.8 Å². The third kappa shape index (κ3) is 3.92. The average Bonchev–Trinajstić information content (AvgIpc) is 2.43. The summed E-state index contributed by atoms with van der Waals surface area (Å²) in [6.45, 7) is 4.04. The molecule has 0 saturated heterocycles. The molecule has 0 aliphatic rings. The van der Waals surface area contributed by atoms with E-state index in [-0.39, 0.29) is 11.5 Å². The van der Waals surface area contributed by atoms with Crippen molar-refractivity contribution >= 4 is 10.0 Å². The van der Waals surface area contributed by atoms with Crippen LogP contribution in [0, 0.1) is 0 Å². The van der Waals surface area contributed by atoms with E-state index in [1.54, 1.807) is 19.1 Å². The zero-order valence-electron chi connectivity index (χ0n) is 11.5. The van der Waals surface area contributed by atoms with Gasteiger partial charge in [0.05, 0.1) is 18.1 Å². The van der Waals surface area contributed by atoms with Gasteiger partial charge in [-0.1, -0.05) is 6.92 Å². The lowest BCUT2D eigenvalue weighted by molar-refractivity contribution is 0.214. The minimum Gasteiger partial charge on any atom is -0.494 e. The van der Waals surface area contributed by atoms with Crippen LogP contribution in [0.15, 0.2) is 29.2 Å². The van der Waals surface area contributed by atoms with E-state index in [2.05, 4.69) is 0 Å². The SMILES string of the molecule is CCCOc1ccc(S(=O)(=O)N(C)C(C)CO)cc1. The van der Waals surface area contributed by atoms with E-state index >= 15 is 0 Å². The maximum absolute atomic E-state index is 12.2. The quantitative estimate of drug-likeness (QED) is 0.825. The lowest BCUT2D eigenvalue weighted by atomic mass is 10.3. The second-order valence-corrected chi connectivity index (χ2v) is 6.37. The summed E-state index contributed by atoms with van der Waals surface area (Å²) in [5, 5.41) is 9.03. The summed E-state index contributed by atoms with van der Waals surface area (Å²) in [5.74, 6) is 0.652. The second kappa shape index (κ2) is 6.88. The van der Waals surface area contributed by atoms with Crippen molar-refractivity contribution in [2.24, 2.45) is 0 Å². The summed E-state index contributed by atoms with van der Waals surface area (Å²) in [6, 6.07) is 5.85. The van der Waals surface area contributed by atoms with Crippen molar-refractivity contribution in [3.63, 3.8) is 0 Å². The molecule has 5 nitrogen and oxygen atoms in total. The summed E-state index contributed by atoms with van der Waals surface area (Å²) < 4.78 is 31.0. The van der Waals surface area contributed by atoms with Gasteiger partial charge in [-0.15, -0.1) is 0 Å². The van der Waals surface area contributed by atoms with Gasteiger partial charge >= 0.3 is 0 Å². The Hall–Kier alpha value is -1.11. The molecule has 1 rings (SSSR count). The van der Waals surface area contributed by atoms with Crippen molar-refractivity contribution in [2.45, 2.75) is 31.2 Å². The zero-order valence-corrected chi connectivity index (χ0v) is 12.4. The van der Waals surface area contributed by atoms with Crippen LogP contribution in [-0.4, -0.2) is 44.1 Å². The largest absolute Gasteiger partial charge is 0.494 e. The van der Waals surface area contributed by atoms with E-state index in [4.69, 9.17) is 9.84 Å². The van der Waals surface area contributed by atoms with Crippen molar-refractivity contribution in [1.82, 2.24) is 4.31 Å². The summed E-state index contributed by atoms with van der Waals surface area (Å²) in [4.78, 5) is 0.194. The highest BCUT2D eigenvalue weighted by molar-refractivity contribution is 7.89. The molecular weight excluding hydrogens is 266 g/mol. The van der Waals surface area contributed by atoms with E-state index in [0.717, 1.165) is 10.7 Å². The molecule has 1 unspecified atom stereocenters. The van der Waals surface area contributed by atoms with Crippen LogP contribution in [0.2, 0.25) is 0 Å². The monoisotopic (exact) mass is 287 g/mol. The molecule has 0 fully saturated rings. The highest BCUT2D eigenvalue weighted by Gasteiger charge is 2.24. The number of aliphatic hydroxyl groups is 1. The molecule has 108 valence electrons. The average molecular weight is 287 g/mol. The summed E-state index contributed by atoms with van der Waals surface area (Å²) >= 11 is 0. The number of ether oxygens (including phenoxy) is 1. The third-order valence-corrected chi connectivity index (χ3v) is 4.84. The molecule has 0 aliphatic heterocycles. The molecule has 0 heterocycles. The summed E-state index contributed by atoms with van der Waals surface area (Å²) in [7, 11) is -2.11. The first-order valence-corrected chi connectivity index (χ1v) is 7.69. The minimum atomic E-state index is -3.57. The normalized spacial score (nSPS) is 13.5. The Balaban J connectivity index is 2.90. The first-order chi connectivity index (χ1) is 8.93. The van der Waals surface area contributed by atoms with Gasteiger partial charge in [-0.3, -0.25) is 0 Å². The van der Waals surface area contributed by atoms with Gasteiger partial charge in [-0.2, -0.15) is 4.31 Å². The molecule has 0 amide bonds. The number of hydrogen-bond acceptors (Lipinski definition) is 4. The molecule has 19 heavy (non-hydrogen) atoms. The molecule has 1 aromatic rings. The van der Waals surface area contributed by atoms with Gasteiger partial charge in [0.25, 0.3) is 0 Å². The van der Waals surface area contributed by atoms with Gasteiger partial charge < -0.3 is 9.84 Å². The summed E-state index contributed by atoms with van der Waals surface area (Å²) in [5.41, 5.74) is 0. The lowest BCUT2D eigenvalue weighted by Crippen LogP contribution is -2.37. The third-order valence-electron chi connectivity index (χ3n) is 2.86. The van der Waals surface area contributed by atoms with Gasteiger partial charge in [-0.25, -0.2) is 8.42 Å². The van der Waals surface area contributed by atoms with Crippen LogP contribution < -0.4 is 4.74 Å². The Labute approximate surface area is 114 Å². The van der Waals surface area contributed by atoms with E-state index in [1.165, 1.54) is 19.2 Å². The van der Waals surface area contributed by atoms with E-state index in [1.807, 2.05) is 6.92 Å². The van der Waals surface area contributed by atoms with Crippen molar-refractivity contribution in [3.8, 4) is 5.75 Å². The van der Waals surface area contributed by atoms with Crippen LogP contribution in [-0.2, 0) is 10.0 Å². The molecule has 0 bridgehead atoms. The fourth-order valence-electron chi connectivity index (χ4n) is 1.45. The predicted molar refractivity (Wildman–Crippen MR) is 73.7 cm³/mol. The number of hydrogen-bond donors (Lipinski definition) is 1. The highest BCUT2D eigenvalue weighted by Crippen LogP contribution is 2.20. The van der Waals surface area contributed by atoms with E-state index in [0.29, 0.717) is 12.4 Å². The smallest absolute Gasteiger partial charge is 0.243 e. The van der Waals surface area contributed by atoms with Crippen LogP contribution >= 0.6 is 0 Å². The Bertz CT molecular complexity index is 484. The standard InChI is InChI=1S/C13H21NO4S/c1-4-9-18-12-5-7-13(8-6-12)19(16,17)14(3)11(2)10-15/h5-8,11,15H,4,9-10H2,1-3H3. The highest BCUT2D eigenvalue weighted by atomic mass is 32.2. The first-order valence-electron chi connectivity index (χ1n) is 6.25. The van der Waals surface area contributed by atoms with Crippen molar-refractivity contribution in [1.29, 1.82) is 0 Å². The lowest BCUT2D eigenvalue weighted by Gasteiger charge is -2.22. The van der Waals surface area contributed by atoms with Gasteiger partial charge in [0, 0.05) is 13.1 Å². The number of likely N-dealkylation sites (N-methyl/N-ethyl adjacent to an activating group) is 1. The van der Waals surface area contributed by atoms with Crippen LogP contribution in [0.4, 0.5) is 0 Å². The Morgan fingerprint density at radius 1 is 1.32 bits per heavy atom. The molecular formula is C13H21NO4S. The molecule has 1 N–H and O–H groups in total. The Morgan fingerprint density at radius 2 is 1.89 bits per heavy atom. The van der Waals surface area contributed by atoms with Gasteiger partial charge in [0.2, 0.25) is 10.0 Å². The van der Waals surface area contributed by atoms with Crippen molar-refractivity contribution in [2.75, 3.05) is 20.3 Å². The Kier molecular flexibility index (Phi) is 5.78. The first kappa shape index (κ1) is 15.9. The maximum Gasteiger partial charge on any atom is 0.243 e. The van der Waals surface area contributed by atoms with Crippen LogP contribution in [0.5, 0.6) is 5.75 Å². The number of sulfonamides is 1. The number of nitrogens with zero attached hydrogens (tertiary/aromatic N) is 1. The van der Waals surface area contributed by atoms with Crippen LogP contribution in [0.25, 0.3) is 0 Å². The summed E-state index contributed by atoms with van der Waals surface area (Å²) in [6.07, 6.45) is 0.900. The molecule has 6 heteroatoms. The van der Waals surface area contributed by atoms with E-state index < -0.39 is 16.1 Å². The molecule has 0 saturated carbocycles. The Morgan fingerprint density at radius 3 is 2.37 bits per heavy atom. The molecule has 0 spiro atoms. The fraction of sp³-hybridized carbons (Fsp3) is 0.538. The van der Waals surface area contributed by atoms with Gasteiger partial charge in [0.15, 0.2) is 0 Å². The molecule has 0 aliphatic carbocycles. The number of rotatable bonds is 7. The second-order valence-electron chi connectivity index (χ2n) is 4.37. The van der Waals surface area contributed by atoms with Crippen LogP contribution in [0.1, 0.15) is 20.3 Å². The van der Waals surface area contributed by atoms with Gasteiger partial charge in [0.1, 0.15) is 5.75 Å². The molecule has 0 radical (unpaired) electrons. The maximum atomic E-state index is 12.2. The van der Waals surface area contributed by atoms with Gasteiger partial charge in [-0.05, 0) is 37.6 Å². The minimum absolute atomic E-state index is 0.194. The van der Waals surface area contributed by atoms with E-state index in [9.17, 15) is 8.42 Å². The predicted octanol–water partition coefficient (Wildman–Crippen LogP) is 1.48. The molecule has 1 aromatic carbocycles. The number of aliphatic hydroxyl groups excluding tert-OH is 1. The van der Waals surface area contributed by atoms with Crippen LogP contribution in [0.3, 0.4) is 0 Å². The molecule has 0 aromatic heterocycles. The van der Waals surface area contributed by atoms with Crippen molar-refractivity contribution < 1.29 is 18.3 Å². The number of benzene rings is 1. The fourth-order valence-corrected chi connectivity index (χ4v) is 2.80. The zero-order chi connectivity index (χ0) is 14.5.